The number of anilines is 1. The number of hydrogen-bond acceptors (Lipinski definition) is 6. The van der Waals surface area contributed by atoms with Crippen LogP contribution in [0.15, 0.2) is 48.7 Å². The fourth-order valence-electron chi connectivity index (χ4n) is 2.63. The van der Waals surface area contributed by atoms with Crippen LogP contribution < -0.4 is 10.1 Å². The summed E-state index contributed by atoms with van der Waals surface area (Å²) < 4.78 is 5.85. The molecule has 3 aromatic rings. The molecule has 1 N–H and O–H groups in total. The lowest BCUT2D eigenvalue weighted by atomic mass is 9.96. The molecule has 1 aliphatic carbocycles. The second-order valence-corrected chi connectivity index (χ2v) is 7.25. The number of benzene rings is 1. The highest BCUT2D eigenvalue weighted by molar-refractivity contribution is 7.15. The maximum atomic E-state index is 5.85. The number of aromatic nitrogens is 3. The van der Waals surface area contributed by atoms with Gasteiger partial charge in [-0.2, -0.15) is 0 Å². The van der Waals surface area contributed by atoms with Gasteiger partial charge in [-0.1, -0.05) is 41.7 Å². The molecule has 0 bridgehead atoms. The second-order valence-electron chi connectivity index (χ2n) is 6.19. The van der Waals surface area contributed by atoms with E-state index < -0.39 is 0 Å². The molecule has 25 heavy (non-hydrogen) atoms. The van der Waals surface area contributed by atoms with Crippen LogP contribution in [-0.2, 0) is 13.0 Å². The summed E-state index contributed by atoms with van der Waals surface area (Å²) in [6.45, 7) is 0.684. The van der Waals surface area contributed by atoms with Gasteiger partial charge in [-0.05, 0) is 36.5 Å². The molecule has 5 nitrogen and oxygen atoms in total. The van der Waals surface area contributed by atoms with Crippen LogP contribution in [0.4, 0.5) is 5.13 Å². The summed E-state index contributed by atoms with van der Waals surface area (Å²) in [7, 11) is 0. The minimum absolute atomic E-state index is 0.347. The average Bonchev–Trinajstić information content (AvgIpc) is 3.05. The Kier molecular flexibility index (Phi) is 4.88. The van der Waals surface area contributed by atoms with E-state index in [1.807, 2.05) is 30.3 Å². The zero-order valence-corrected chi connectivity index (χ0v) is 14.7. The molecule has 2 heterocycles. The van der Waals surface area contributed by atoms with Crippen molar-refractivity contribution in [2.45, 2.75) is 38.3 Å². The van der Waals surface area contributed by atoms with Gasteiger partial charge < -0.3 is 10.1 Å². The van der Waals surface area contributed by atoms with E-state index in [0.29, 0.717) is 18.5 Å². The fourth-order valence-corrected chi connectivity index (χ4v) is 3.40. The van der Waals surface area contributed by atoms with Crippen molar-refractivity contribution in [3.63, 3.8) is 0 Å². The number of rotatable bonds is 7. The third-order valence-corrected chi connectivity index (χ3v) is 5.13. The Hall–Kier alpha value is -2.47. The molecule has 6 heteroatoms. The maximum absolute atomic E-state index is 5.85. The number of nitrogens with zero attached hydrogens (tertiary/aromatic N) is 3. The molecule has 1 fully saturated rings. The van der Waals surface area contributed by atoms with Gasteiger partial charge in [0.25, 0.3) is 0 Å². The number of pyridine rings is 1. The minimum Gasteiger partial charge on any atom is -0.474 e. The molecule has 1 saturated carbocycles. The molecule has 0 saturated heterocycles. The monoisotopic (exact) mass is 352 g/mol. The van der Waals surface area contributed by atoms with Gasteiger partial charge in [-0.15, -0.1) is 10.2 Å². The number of nitrogens with one attached hydrogen (secondary N) is 1. The van der Waals surface area contributed by atoms with Crippen LogP contribution >= 0.6 is 11.3 Å². The Morgan fingerprint density at radius 1 is 1.08 bits per heavy atom. The predicted octanol–water partition coefficient (Wildman–Crippen LogP) is 4.07. The Bertz CT molecular complexity index is 817. The fraction of sp³-hybridized carbons (Fsp3) is 0.316. The molecule has 0 spiro atoms. The maximum Gasteiger partial charge on any atom is 0.213 e. The van der Waals surface area contributed by atoms with Crippen LogP contribution in [0.25, 0.3) is 0 Å². The van der Waals surface area contributed by atoms with Crippen molar-refractivity contribution in [3.05, 3.63) is 64.8 Å². The number of ether oxygens (including phenoxy) is 1. The second kappa shape index (κ2) is 7.61. The van der Waals surface area contributed by atoms with Gasteiger partial charge in [0.05, 0.1) is 0 Å². The molecule has 4 rings (SSSR count). The van der Waals surface area contributed by atoms with Gasteiger partial charge in [0.1, 0.15) is 11.1 Å². The van der Waals surface area contributed by atoms with Crippen LogP contribution in [0.2, 0.25) is 0 Å². The van der Waals surface area contributed by atoms with Crippen LogP contribution in [0.5, 0.6) is 5.88 Å². The first-order valence-electron chi connectivity index (χ1n) is 8.57. The third kappa shape index (κ3) is 4.33. The summed E-state index contributed by atoms with van der Waals surface area (Å²) in [6.07, 6.45) is 6.49. The quantitative estimate of drug-likeness (QED) is 0.695. The largest absolute Gasteiger partial charge is 0.474 e. The first kappa shape index (κ1) is 16.0. The van der Waals surface area contributed by atoms with Crippen molar-refractivity contribution in [2.24, 2.45) is 0 Å². The van der Waals surface area contributed by atoms with Crippen LogP contribution in [0.1, 0.15) is 35.4 Å². The lowest BCUT2D eigenvalue weighted by Crippen LogP contribution is -2.25. The van der Waals surface area contributed by atoms with Crippen molar-refractivity contribution < 1.29 is 4.74 Å². The van der Waals surface area contributed by atoms with Gasteiger partial charge in [-0.3, -0.25) is 0 Å². The number of hydrogen-bond donors (Lipinski definition) is 1. The van der Waals surface area contributed by atoms with Crippen molar-refractivity contribution in [3.8, 4) is 5.88 Å². The molecular weight excluding hydrogens is 332 g/mol. The zero-order valence-electron chi connectivity index (χ0n) is 13.9. The Morgan fingerprint density at radius 3 is 2.76 bits per heavy atom. The van der Waals surface area contributed by atoms with Crippen molar-refractivity contribution >= 4 is 16.5 Å². The first-order valence-corrected chi connectivity index (χ1v) is 9.38. The normalized spacial score (nSPS) is 14.1. The van der Waals surface area contributed by atoms with E-state index >= 15 is 0 Å². The van der Waals surface area contributed by atoms with Gasteiger partial charge in [-0.25, -0.2) is 4.98 Å². The molecule has 0 amide bonds. The van der Waals surface area contributed by atoms with E-state index in [1.165, 1.54) is 12.0 Å². The molecule has 0 unspecified atom stereocenters. The van der Waals surface area contributed by atoms with Gasteiger partial charge >= 0.3 is 0 Å². The lowest BCUT2D eigenvalue weighted by molar-refractivity contribution is 0.114. The minimum atomic E-state index is 0.347. The highest BCUT2D eigenvalue weighted by atomic mass is 32.1. The van der Waals surface area contributed by atoms with E-state index in [9.17, 15) is 0 Å². The molecule has 2 aromatic heterocycles. The topological polar surface area (TPSA) is 59.9 Å². The highest BCUT2D eigenvalue weighted by Crippen LogP contribution is 2.24. The highest BCUT2D eigenvalue weighted by Gasteiger charge is 2.19. The third-order valence-electron chi connectivity index (χ3n) is 4.25. The van der Waals surface area contributed by atoms with E-state index in [4.69, 9.17) is 4.74 Å². The zero-order chi connectivity index (χ0) is 16.9. The molecule has 128 valence electrons. The summed E-state index contributed by atoms with van der Waals surface area (Å²) in [5.74, 6) is 0.714. The van der Waals surface area contributed by atoms with Crippen LogP contribution in [0.3, 0.4) is 0 Å². The summed E-state index contributed by atoms with van der Waals surface area (Å²) in [4.78, 5) is 4.29. The first-order chi connectivity index (χ1) is 12.3. The van der Waals surface area contributed by atoms with E-state index in [1.54, 1.807) is 17.5 Å². The van der Waals surface area contributed by atoms with Gasteiger partial charge in [0, 0.05) is 25.2 Å². The van der Waals surface area contributed by atoms with E-state index in [-0.39, 0.29) is 0 Å². The Morgan fingerprint density at radius 2 is 1.96 bits per heavy atom. The Balaban J connectivity index is 1.33. The summed E-state index contributed by atoms with van der Waals surface area (Å²) in [5, 5.41) is 13.7. The lowest BCUT2D eigenvalue weighted by Gasteiger charge is -2.25. The van der Waals surface area contributed by atoms with Crippen molar-refractivity contribution in [1.29, 1.82) is 0 Å². The summed E-state index contributed by atoms with van der Waals surface area (Å²) in [5.41, 5.74) is 2.38. The van der Waals surface area contributed by atoms with Crippen molar-refractivity contribution in [2.75, 3.05) is 5.32 Å². The predicted molar refractivity (Wildman–Crippen MR) is 99.0 cm³/mol. The Labute approximate surface area is 151 Å². The summed E-state index contributed by atoms with van der Waals surface area (Å²) in [6, 6.07) is 14.3. The van der Waals surface area contributed by atoms with E-state index in [2.05, 4.69) is 32.6 Å². The van der Waals surface area contributed by atoms with Gasteiger partial charge in [0.2, 0.25) is 11.0 Å². The molecule has 0 atom stereocenters. The SMILES string of the molecule is c1ccc(Cc2nnc(NCc3ccnc(OC4CCC4)c3)s2)cc1. The standard InChI is InChI=1S/C19H20N4OS/c1-2-5-14(6-3-1)12-18-22-23-19(25-18)21-13-15-9-10-20-17(11-15)24-16-7-4-8-16/h1-3,5-6,9-11,16H,4,7-8,12-13H2,(H,21,23). The molecule has 0 aliphatic heterocycles. The van der Waals surface area contributed by atoms with Crippen LogP contribution in [-0.4, -0.2) is 21.3 Å². The summed E-state index contributed by atoms with van der Waals surface area (Å²) >= 11 is 1.59. The average molecular weight is 352 g/mol. The van der Waals surface area contributed by atoms with E-state index in [0.717, 1.165) is 35.0 Å². The molecular formula is C19H20N4OS. The molecule has 0 radical (unpaired) electrons. The smallest absolute Gasteiger partial charge is 0.213 e. The van der Waals surface area contributed by atoms with Gasteiger partial charge in [0.15, 0.2) is 0 Å². The molecule has 1 aliphatic rings. The van der Waals surface area contributed by atoms with Crippen LogP contribution in [0, 0.1) is 0 Å². The van der Waals surface area contributed by atoms with Crippen molar-refractivity contribution in [1.82, 2.24) is 15.2 Å². The molecule has 1 aromatic carbocycles.